The number of fused-ring (bicyclic) bond motifs is 2. The molecule has 1 amide bonds. The molecule has 0 aromatic heterocycles. The molecular formula is C23H24N2O4. The van der Waals surface area contributed by atoms with Gasteiger partial charge in [0.15, 0.2) is 6.61 Å². The Labute approximate surface area is 169 Å². The lowest BCUT2D eigenvalue weighted by Crippen LogP contribution is -2.27. The van der Waals surface area contributed by atoms with Crippen molar-refractivity contribution in [3.63, 3.8) is 0 Å². The van der Waals surface area contributed by atoms with Crippen molar-refractivity contribution in [1.29, 1.82) is 0 Å². The molecule has 2 aromatic rings. The standard InChI is InChI=1S/C23H24N2O4/c1-25-10-8-15(9-11-25)22-18-4-2-3-5-20(18)28-13-17-7-6-16(12-19(17)22)23(27)29-14-21(24)26/h2-7,12H,8-11,13-14H2,1H3,(H2,24,26). The van der Waals surface area contributed by atoms with Gasteiger partial charge < -0.3 is 20.1 Å². The van der Waals surface area contributed by atoms with Crippen LogP contribution < -0.4 is 10.5 Å². The van der Waals surface area contributed by atoms with Gasteiger partial charge in [0, 0.05) is 18.7 Å². The lowest BCUT2D eigenvalue weighted by molar-refractivity contribution is -0.121. The highest BCUT2D eigenvalue weighted by Crippen LogP contribution is 2.41. The molecule has 0 aliphatic carbocycles. The molecule has 2 aliphatic rings. The Kier molecular flexibility index (Phi) is 5.36. The number of para-hydroxylation sites is 1. The number of likely N-dealkylation sites (tertiary alicyclic amines) is 1. The number of nitrogens with zero attached hydrogens (tertiary/aromatic N) is 1. The molecule has 1 saturated heterocycles. The second kappa shape index (κ2) is 8.09. The number of carbonyl (C=O) groups is 2. The molecule has 150 valence electrons. The molecule has 2 heterocycles. The molecule has 0 unspecified atom stereocenters. The van der Waals surface area contributed by atoms with Crippen LogP contribution in [0.15, 0.2) is 48.0 Å². The smallest absolute Gasteiger partial charge is 0.338 e. The molecular weight excluding hydrogens is 368 g/mol. The summed E-state index contributed by atoms with van der Waals surface area (Å²) in [5.74, 6) is -0.384. The molecule has 2 aliphatic heterocycles. The molecule has 0 radical (unpaired) electrons. The van der Waals surface area contributed by atoms with Crippen molar-refractivity contribution < 1.29 is 19.1 Å². The molecule has 0 saturated carbocycles. The number of primary amides is 1. The van der Waals surface area contributed by atoms with Gasteiger partial charge in [-0.25, -0.2) is 4.79 Å². The molecule has 29 heavy (non-hydrogen) atoms. The zero-order valence-corrected chi connectivity index (χ0v) is 16.4. The van der Waals surface area contributed by atoms with Crippen LogP contribution in [0.5, 0.6) is 5.75 Å². The van der Waals surface area contributed by atoms with Gasteiger partial charge in [-0.05, 0) is 54.8 Å². The molecule has 0 atom stereocenters. The third kappa shape index (κ3) is 4.03. The van der Waals surface area contributed by atoms with E-state index in [0.29, 0.717) is 12.2 Å². The van der Waals surface area contributed by atoms with Crippen molar-refractivity contribution >= 4 is 17.4 Å². The van der Waals surface area contributed by atoms with Crippen molar-refractivity contribution in [2.45, 2.75) is 19.4 Å². The minimum absolute atomic E-state index is 0.399. The zero-order valence-electron chi connectivity index (χ0n) is 16.4. The van der Waals surface area contributed by atoms with Gasteiger partial charge in [-0.1, -0.05) is 29.8 Å². The third-order valence-corrected chi connectivity index (χ3v) is 5.44. The molecule has 6 heteroatoms. The number of nitrogens with two attached hydrogens (primary N) is 1. The van der Waals surface area contributed by atoms with Gasteiger partial charge >= 0.3 is 5.97 Å². The van der Waals surface area contributed by atoms with Crippen LogP contribution in [-0.2, 0) is 16.1 Å². The Morgan fingerprint density at radius 1 is 1.10 bits per heavy atom. The maximum atomic E-state index is 12.4. The molecule has 4 rings (SSSR count). The van der Waals surface area contributed by atoms with Crippen LogP contribution in [0, 0.1) is 0 Å². The first-order chi connectivity index (χ1) is 14.0. The fourth-order valence-corrected chi connectivity index (χ4v) is 3.90. The van der Waals surface area contributed by atoms with Gasteiger partial charge in [-0.2, -0.15) is 0 Å². The molecule has 2 N–H and O–H groups in total. The van der Waals surface area contributed by atoms with Crippen molar-refractivity contribution in [1.82, 2.24) is 4.90 Å². The monoisotopic (exact) mass is 392 g/mol. The SMILES string of the molecule is CN1CCC(=C2c3cc(C(=O)OCC(N)=O)ccc3COc3ccccc32)CC1. The number of carbonyl (C=O) groups excluding carboxylic acids is 2. The summed E-state index contributed by atoms with van der Waals surface area (Å²) >= 11 is 0. The molecule has 2 aromatic carbocycles. The summed E-state index contributed by atoms with van der Waals surface area (Å²) < 4.78 is 11.1. The van der Waals surface area contributed by atoms with Crippen LogP contribution in [0.25, 0.3) is 5.57 Å². The van der Waals surface area contributed by atoms with Crippen LogP contribution in [0.2, 0.25) is 0 Å². The second-order valence-corrected chi connectivity index (χ2v) is 7.48. The summed E-state index contributed by atoms with van der Waals surface area (Å²) in [6, 6.07) is 13.5. The van der Waals surface area contributed by atoms with Crippen LogP contribution in [0.1, 0.15) is 39.9 Å². The maximum absolute atomic E-state index is 12.4. The predicted octanol–water partition coefficient (Wildman–Crippen LogP) is 2.75. The summed E-state index contributed by atoms with van der Waals surface area (Å²) in [6.45, 7) is 2.00. The van der Waals surface area contributed by atoms with Gasteiger partial charge in [0.2, 0.25) is 0 Å². The minimum atomic E-state index is -0.676. The van der Waals surface area contributed by atoms with Gasteiger partial charge in [-0.15, -0.1) is 0 Å². The predicted molar refractivity (Wildman–Crippen MR) is 109 cm³/mol. The van der Waals surface area contributed by atoms with Crippen molar-refractivity contribution in [3.05, 3.63) is 70.3 Å². The molecule has 0 bridgehead atoms. The Balaban J connectivity index is 1.82. The number of hydrogen-bond acceptors (Lipinski definition) is 5. The van der Waals surface area contributed by atoms with E-state index in [2.05, 4.69) is 18.0 Å². The van der Waals surface area contributed by atoms with Crippen LogP contribution in [0.3, 0.4) is 0 Å². The van der Waals surface area contributed by atoms with Crippen LogP contribution in [0.4, 0.5) is 0 Å². The number of amides is 1. The summed E-state index contributed by atoms with van der Waals surface area (Å²) in [5.41, 5.74) is 11.1. The Morgan fingerprint density at radius 3 is 2.62 bits per heavy atom. The van der Waals surface area contributed by atoms with E-state index in [-0.39, 0.29) is 0 Å². The molecule has 1 fully saturated rings. The molecule has 6 nitrogen and oxygen atoms in total. The number of ether oxygens (including phenoxy) is 2. The highest BCUT2D eigenvalue weighted by molar-refractivity contribution is 5.94. The van der Waals surface area contributed by atoms with E-state index in [0.717, 1.165) is 53.9 Å². The van der Waals surface area contributed by atoms with Crippen molar-refractivity contribution in [2.24, 2.45) is 5.73 Å². The van der Waals surface area contributed by atoms with Crippen LogP contribution >= 0.6 is 0 Å². The van der Waals surface area contributed by atoms with E-state index in [1.807, 2.05) is 30.3 Å². The van der Waals surface area contributed by atoms with E-state index in [9.17, 15) is 9.59 Å². The Morgan fingerprint density at radius 2 is 1.86 bits per heavy atom. The Hall–Kier alpha value is -3.12. The fraction of sp³-hybridized carbons (Fsp3) is 0.304. The van der Waals surface area contributed by atoms with Gasteiger partial charge in [-0.3, -0.25) is 4.79 Å². The lowest BCUT2D eigenvalue weighted by atomic mass is 9.86. The van der Waals surface area contributed by atoms with Gasteiger partial charge in [0.05, 0.1) is 5.56 Å². The number of rotatable bonds is 3. The Bertz CT molecular complexity index is 986. The lowest BCUT2D eigenvalue weighted by Gasteiger charge is -2.27. The average Bonchev–Trinajstić information content (AvgIpc) is 2.89. The number of esters is 1. The number of hydrogen-bond donors (Lipinski definition) is 1. The molecule has 0 spiro atoms. The largest absolute Gasteiger partial charge is 0.488 e. The topological polar surface area (TPSA) is 81.9 Å². The first-order valence-electron chi connectivity index (χ1n) is 9.74. The first-order valence-corrected chi connectivity index (χ1v) is 9.74. The second-order valence-electron chi connectivity index (χ2n) is 7.48. The minimum Gasteiger partial charge on any atom is -0.488 e. The third-order valence-electron chi connectivity index (χ3n) is 5.44. The summed E-state index contributed by atoms with van der Waals surface area (Å²) in [6.07, 6.45) is 1.94. The number of benzene rings is 2. The highest BCUT2D eigenvalue weighted by atomic mass is 16.5. The van der Waals surface area contributed by atoms with E-state index < -0.39 is 18.5 Å². The van der Waals surface area contributed by atoms with E-state index in [1.54, 1.807) is 6.07 Å². The normalized spacial score (nSPS) is 16.3. The first kappa shape index (κ1) is 19.2. The summed E-state index contributed by atoms with van der Waals surface area (Å²) in [4.78, 5) is 25.7. The number of piperidine rings is 1. The summed E-state index contributed by atoms with van der Waals surface area (Å²) in [7, 11) is 2.13. The quantitative estimate of drug-likeness (QED) is 0.813. The summed E-state index contributed by atoms with van der Waals surface area (Å²) in [5, 5.41) is 0. The van der Waals surface area contributed by atoms with E-state index >= 15 is 0 Å². The maximum Gasteiger partial charge on any atom is 0.338 e. The fourth-order valence-electron chi connectivity index (χ4n) is 3.90. The van der Waals surface area contributed by atoms with Gasteiger partial charge in [0.25, 0.3) is 5.91 Å². The van der Waals surface area contributed by atoms with E-state index in [4.69, 9.17) is 15.2 Å². The average molecular weight is 392 g/mol. The highest BCUT2D eigenvalue weighted by Gasteiger charge is 2.25. The van der Waals surface area contributed by atoms with Crippen molar-refractivity contribution in [2.75, 3.05) is 26.7 Å². The zero-order chi connectivity index (χ0) is 20.4. The van der Waals surface area contributed by atoms with Gasteiger partial charge in [0.1, 0.15) is 12.4 Å². The van der Waals surface area contributed by atoms with Crippen molar-refractivity contribution in [3.8, 4) is 5.75 Å². The van der Waals surface area contributed by atoms with Crippen LogP contribution in [-0.4, -0.2) is 43.5 Å². The van der Waals surface area contributed by atoms with E-state index in [1.165, 1.54) is 5.57 Å².